The van der Waals surface area contributed by atoms with Crippen LogP contribution in [0.15, 0.2) is 35.9 Å². The molecule has 2 aliphatic heterocycles. The van der Waals surface area contributed by atoms with Gasteiger partial charge in [0.05, 0.1) is 13.2 Å². The predicted octanol–water partition coefficient (Wildman–Crippen LogP) is 2.81. The quantitative estimate of drug-likeness (QED) is 0.871. The van der Waals surface area contributed by atoms with Gasteiger partial charge in [0.1, 0.15) is 5.75 Å². The highest BCUT2D eigenvalue weighted by Gasteiger charge is 2.31. The number of fused-ring (bicyclic) bond motifs is 2. The van der Waals surface area contributed by atoms with Gasteiger partial charge in [-0.2, -0.15) is 0 Å². The van der Waals surface area contributed by atoms with Crippen LogP contribution in [-0.2, 0) is 11.2 Å². The molecule has 1 fully saturated rings. The molecule has 2 atom stereocenters. The highest BCUT2D eigenvalue weighted by molar-refractivity contribution is 5.32. The molecule has 1 saturated heterocycles. The Morgan fingerprint density at radius 3 is 2.90 bits per heavy atom. The summed E-state index contributed by atoms with van der Waals surface area (Å²) < 4.78 is 46.1. The van der Waals surface area contributed by atoms with Crippen LogP contribution in [0.3, 0.4) is 0 Å². The van der Waals surface area contributed by atoms with Crippen molar-refractivity contribution in [1.82, 2.24) is 5.32 Å². The van der Waals surface area contributed by atoms with Gasteiger partial charge in [0.15, 0.2) is 0 Å². The van der Waals surface area contributed by atoms with Gasteiger partial charge in [-0.25, -0.2) is 0 Å². The maximum Gasteiger partial charge on any atom is 0.573 e. The lowest BCUT2D eigenvalue weighted by atomic mass is 9.92. The second-order valence-corrected chi connectivity index (χ2v) is 5.41. The van der Waals surface area contributed by atoms with Crippen molar-refractivity contribution in [2.45, 2.75) is 31.3 Å². The van der Waals surface area contributed by atoms with Crippen LogP contribution in [-0.4, -0.2) is 31.7 Å². The van der Waals surface area contributed by atoms with Crippen molar-refractivity contribution in [3.63, 3.8) is 0 Å². The number of halogens is 3. The normalized spacial score (nSPS) is 25.4. The molecule has 0 saturated carbocycles. The van der Waals surface area contributed by atoms with E-state index in [9.17, 15) is 13.2 Å². The summed E-state index contributed by atoms with van der Waals surface area (Å²) in [5, 5.41) is 3.44. The molecular weight excluding hydrogens is 283 g/mol. The molecule has 0 radical (unpaired) electrons. The number of nitrogens with one attached hydrogen (secondary N) is 1. The third-order valence-corrected chi connectivity index (χ3v) is 3.57. The van der Waals surface area contributed by atoms with E-state index in [1.165, 1.54) is 17.7 Å². The lowest BCUT2D eigenvalue weighted by Gasteiger charge is -2.35. The van der Waals surface area contributed by atoms with Gasteiger partial charge in [0, 0.05) is 12.1 Å². The van der Waals surface area contributed by atoms with Crippen molar-refractivity contribution >= 4 is 0 Å². The first-order valence-corrected chi connectivity index (χ1v) is 6.86. The van der Waals surface area contributed by atoms with Gasteiger partial charge < -0.3 is 14.8 Å². The zero-order valence-corrected chi connectivity index (χ0v) is 11.3. The van der Waals surface area contributed by atoms with Crippen LogP contribution in [0.4, 0.5) is 13.2 Å². The Hall–Kier alpha value is -1.53. The van der Waals surface area contributed by atoms with E-state index < -0.39 is 6.36 Å². The molecule has 6 heteroatoms. The zero-order chi connectivity index (χ0) is 14.9. The topological polar surface area (TPSA) is 30.5 Å². The highest BCUT2D eigenvalue weighted by atomic mass is 19.4. The van der Waals surface area contributed by atoms with Crippen molar-refractivity contribution in [2.75, 3.05) is 13.2 Å². The molecule has 3 rings (SSSR count). The van der Waals surface area contributed by atoms with Gasteiger partial charge in [-0.3, -0.25) is 0 Å². The third-order valence-electron chi connectivity index (χ3n) is 3.57. The summed E-state index contributed by atoms with van der Waals surface area (Å²) in [5.41, 5.74) is 2.06. The molecule has 114 valence electrons. The lowest BCUT2D eigenvalue weighted by Crippen LogP contribution is -2.50. The second kappa shape index (κ2) is 5.69. The molecule has 21 heavy (non-hydrogen) atoms. The van der Waals surface area contributed by atoms with E-state index in [0.29, 0.717) is 25.7 Å². The fourth-order valence-electron chi connectivity index (χ4n) is 2.87. The highest BCUT2D eigenvalue weighted by Crippen LogP contribution is 2.26. The van der Waals surface area contributed by atoms with E-state index in [2.05, 4.69) is 16.1 Å². The summed E-state index contributed by atoms with van der Waals surface area (Å²) in [4.78, 5) is 0. The van der Waals surface area contributed by atoms with Gasteiger partial charge in [-0.15, -0.1) is 13.2 Å². The van der Waals surface area contributed by atoms with Gasteiger partial charge >= 0.3 is 6.36 Å². The first-order chi connectivity index (χ1) is 9.98. The summed E-state index contributed by atoms with van der Waals surface area (Å²) in [6.45, 7) is 1.34. The Bertz CT molecular complexity index is 542. The summed E-state index contributed by atoms with van der Waals surface area (Å²) in [6, 6.07) is 6.68. The summed E-state index contributed by atoms with van der Waals surface area (Å²) in [6.07, 6.45) is -1.03. The van der Waals surface area contributed by atoms with Gasteiger partial charge in [0.2, 0.25) is 0 Å². The average molecular weight is 299 g/mol. The Labute approximate surface area is 120 Å². The molecule has 0 spiro atoms. The monoisotopic (exact) mass is 299 g/mol. The smallest absolute Gasteiger partial charge is 0.406 e. The molecule has 2 aliphatic rings. The summed E-state index contributed by atoms with van der Waals surface area (Å²) in [5.74, 6) is -0.168. The minimum absolute atomic E-state index is 0.168. The first kappa shape index (κ1) is 14.4. The molecule has 1 N–H and O–H groups in total. The van der Waals surface area contributed by atoms with Crippen molar-refractivity contribution < 1.29 is 22.6 Å². The Morgan fingerprint density at radius 2 is 2.14 bits per heavy atom. The maximum absolute atomic E-state index is 12.2. The van der Waals surface area contributed by atoms with Crippen LogP contribution in [0.1, 0.15) is 12.0 Å². The number of benzene rings is 1. The third kappa shape index (κ3) is 3.98. The van der Waals surface area contributed by atoms with Crippen molar-refractivity contribution in [3.05, 3.63) is 41.5 Å². The number of hydrogen-bond donors (Lipinski definition) is 1. The standard InChI is InChI=1S/C15H16F3NO2/c16-15(17,18)21-14-3-1-2-10(7-14)4-11-5-12-8-20-9-13(6-11)19-12/h1-3,5,7,12-13,19H,4,6,8-9H2. The Morgan fingerprint density at radius 1 is 1.29 bits per heavy atom. The first-order valence-electron chi connectivity index (χ1n) is 6.86. The molecule has 2 heterocycles. The van der Waals surface area contributed by atoms with Crippen LogP contribution in [0.5, 0.6) is 5.75 Å². The average Bonchev–Trinajstić information content (AvgIpc) is 2.36. The zero-order valence-electron chi connectivity index (χ0n) is 11.3. The summed E-state index contributed by atoms with van der Waals surface area (Å²) >= 11 is 0. The van der Waals surface area contributed by atoms with E-state index >= 15 is 0 Å². The van der Waals surface area contributed by atoms with Crippen LogP contribution >= 0.6 is 0 Å². The largest absolute Gasteiger partial charge is 0.573 e. The molecular formula is C15H16F3NO2. The number of ether oxygens (including phenoxy) is 2. The van der Waals surface area contributed by atoms with Crippen LogP contribution in [0.25, 0.3) is 0 Å². The van der Waals surface area contributed by atoms with Crippen molar-refractivity contribution in [2.24, 2.45) is 0 Å². The molecule has 2 bridgehead atoms. The molecule has 1 aromatic rings. The number of hydrogen-bond acceptors (Lipinski definition) is 3. The molecule has 3 nitrogen and oxygen atoms in total. The van der Waals surface area contributed by atoms with Crippen molar-refractivity contribution in [1.29, 1.82) is 0 Å². The Balaban J connectivity index is 1.70. The van der Waals surface area contributed by atoms with Crippen LogP contribution in [0.2, 0.25) is 0 Å². The molecule has 2 unspecified atom stereocenters. The van der Waals surface area contributed by atoms with E-state index in [0.717, 1.165) is 12.0 Å². The molecule has 0 aliphatic carbocycles. The minimum Gasteiger partial charge on any atom is -0.406 e. The van der Waals surface area contributed by atoms with Gasteiger partial charge in [-0.1, -0.05) is 23.8 Å². The molecule has 0 aromatic heterocycles. The fourth-order valence-corrected chi connectivity index (χ4v) is 2.87. The van der Waals surface area contributed by atoms with E-state index in [-0.39, 0.29) is 11.8 Å². The minimum atomic E-state index is -4.65. The van der Waals surface area contributed by atoms with E-state index in [4.69, 9.17) is 4.74 Å². The van der Waals surface area contributed by atoms with Gasteiger partial charge in [-0.05, 0) is 30.5 Å². The number of rotatable bonds is 3. The van der Waals surface area contributed by atoms with Gasteiger partial charge in [0.25, 0.3) is 0 Å². The van der Waals surface area contributed by atoms with Crippen LogP contribution in [0, 0.1) is 0 Å². The Kier molecular flexibility index (Phi) is 3.91. The second-order valence-electron chi connectivity index (χ2n) is 5.41. The van der Waals surface area contributed by atoms with Crippen molar-refractivity contribution in [3.8, 4) is 5.75 Å². The SMILES string of the molecule is FC(F)(F)Oc1cccc(CC2=CC3COCC(C2)N3)c1. The van der Waals surface area contributed by atoms with E-state index in [1.54, 1.807) is 6.07 Å². The summed E-state index contributed by atoms with van der Waals surface area (Å²) in [7, 11) is 0. The molecule has 0 amide bonds. The number of alkyl halides is 3. The lowest BCUT2D eigenvalue weighted by molar-refractivity contribution is -0.274. The fraction of sp³-hybridized carbons (Fsp3) is 0.467. The molecule has 1 aromatic carbocycles. The predicted molar refractivity (Wildman–Crippen MR) is 71.1 cm³/mol. The van der Waals surface area contributed by atoms with Crippen LogP contribution < -0.4 is 10.1 Å². The number of morpholine rings is 1. The maximum atomic E-state index is 12.2. The van der Waals surface area contributed by atoms with E-state index in [1.807, 2.05) is 6.07 Å².